The largest absolute Gasteiger partial charge is 0.455 e. The number of amides is 2. The summed E-state index contributed by atoms with van der Waals surface area (Å²) in [4.78, 5) is 26.6. The molecule has 0 aliphatic heterocycles. The summed E-state index contributed by atoms with van der Waals surface area (Å²) >= 11 is 0. The van der Waals surface area contributed by atoms with Crippen LogP contribution >= 0.6 is 0 Å². The lowest BCUT2D eigenvalue weighted by Gasteiger charge is -2.20. The van der Waals surface area contributed by atoms with Crippen molar-refractivity contribution in [1.29, 1.82) is 0 Å². The van der Waals surface area contributed by atoms with E-state index in [1.807, 2.05) is 78.9 Å². The Morgan fingerprint density at radius 3 is 2.34 bits per heavy atom. The molecule has 0 saturated heterocycles. The number of hydrogen-bond acceptors (Lipinski definition) is 4. The van der Waals surface area contributed by atoms with Crippen molar-refractivity contribution < 1.29 is 14.3 Å². The van der Waals surface area contributed by atoms with Crippen molar-refractivity contribution in [1.82, 2.24) is 5.32 Å². The Hall–Kier alpha value is -4.16. The molecule has 0 aromatic heterocycles. The molecule has 0 bridgehead atoms. The van der Waals surface area contributed by atoms with Gasteiger partial charge in [0.05, 0.1) is 5.69 Å². The van der Waals surface area contributed by atoms with E-state index in [1.54, 1.807) is 18.2 Å². The first-order valence-electron chi connectivity index (χ1n) is 11.8. The molecule has 6 heteroatoms. The number of nitrogens with two attached hydrogens (primary N) is 1. The van der Waals surface area contributed by atoms with E-state index >= 15 is 0 Å². The molecule has 4 aromatic carbocycles. The molecule has 178 valence electrons. The summed E-state index contributed by atoms with van der Waals surface area (Å²) in [6.45, 7) is 0.527. The predicted molar refractivity (Wildman–Crippen MR) is 140 cm³/mol. The number of rotatable bonds is 10. The van der Waals surface area contributed by atoms with Crippen LogP contribution in [0.5, 0.6) is 11.5 Å². The number of anilines is 1. The first-order valence-corrected chi connectivity index (χ1v) is 11.8. The molecule has 0 radical (unpaired) electrons. The highest BCUT2D eigenvalue weighted by Crippen LogP contribution is 2.29. The molecular formula is C29H29N3O3. The first-order chi connectivity index (χ1) is 17.2. The quantitative estimate of drug-likeness (QED) is 0.269. The van der Waals surface area contributed by atoms with E-state index in [0.717, 1.165) is 17.2 Å². The van der Waals surface area contributed by atoms with Gasteiger partial charge in [-0.2, -0.15) is 0 Å². The molecule has 0 heterocycles. The van der Waals surface area contributed by atoms with Crippen molar-refractivity contribution in [3.05, 3.63) is 103 Å². The van der Waals surface area contributed by atoms with Crippen molar-refractivity contribution in [2.75, 3.05) is 11.9 Å². The summed E-state index contributed by atoms with van der Waals surface area (Å²) in [7, 11) is 0. The molecule has 0 saturated carbocycles. The van der Waals surface area contributed by atoms with Crippen LogP contribution in [0.15, 0.2) is 97.1 Å². The van der Waals surface area contributed by atoms with Crippen LogP contribution in [-0.2, 0) is 4.79 Å². The van der Waals surface area contributed by atoms with Gasteiger partial charge in [-0.1, -0.05) is 66.7 Å². The zero-order chi connectivity index (χ0) is 24.5. The number of para-hydroxylation sites is 3. The van der Waals surface area contributed by atoms with Gasteiger partial charge in [-0.15, -0.1) is 0 Å². The van der Waals surface area contributed by atoms with Gasteiger partial charge in [0.25, 0.3) is 5.91 Å². The number of carbonyl (C=O) groups is 2. The van der Waals surface area contributed by atoms with Crippen LogP contribution in [0.2, 0.25) is 0 Å². The van der Waals surface area contributed by atoms with Crippen molar-refractivity contribution >= 4 is 28.3 Å². The fourth-order valence-corrected chi connectivity index (χ4v) is 3.92. The summed E-state index contributed by atoms with van der Waals surface area (Å²) in [5.74, 6) is 0.592. The highest BCUT2D eigenvalue weighted by Gasteiger charge is 2.23. The van der Waals surface area contributed by atoms with Crippen molar-refractivity contribution in [2.45, 2.75) is 25.3 Å². The standard InChI is InChI=1S/C29H29N3O3/c30-20-9-8-18-26(32-28(33)24-16-10-12-21-11-4-5-15-23(21)24)29(34)31-25-17-6-7-19-27(25)35-22-13-2-1-3-14-22/h1-7,10-17,19,26H,8-9,18,20,30H2,(H,31,34)(H,32,33). The second-order valence-corrected chi connectivity index (χ2v) is 8.24. The van der Waals surface area contributed by atoms with Crippen LogP contribution in [0.25, 0.3) is 10.8 Å². The molecule has 4 N–H and O–H groups in total. The number of ether oxygens (including phenoxy) is 1. The highest BCUT2D eigenvalue weighted by molar-refractivity contribution is 6.09. The van der Waals surface area contributed by atoms with Gasteiger partial charge < -0.3 is 21.1 Å². The van der Waals surface area contributed by atoms with E-state index in [-0.39, 0.29) is 11.8 Å². The number of carbonyl (C=O) groups excluding carboxylic acids is 2. The van der Waals surface area contributed by atoms with Crippen LogP contribution in [0.4, 0.5) is 5.69 Å². The number of hydrogen-bond donors (Lipinski definition) is 3. The summed E-state index contributed by atoms with van der Waals surface area (Å²) in [6.07, 6.45) is 1.95. The van der Waals surface area contributed by atoms with Gasteiger partial charge >= 0.3 is 0 Å². The van der Waals surface area contributed by atoms with Gasteiger partial charge in [0.2, 0.25) is 5.91 Å². The minimum absolute atomic E-state index is 0.288. The van der Waals surface area contributed by atoms with Gasteiger partial charge in [0.15, 0.2) is 5.75 Å². The van der Waals surface area contributed by atoms with Gasteiger partial charge in [0.1, 0.15) is 11.8 Å². The summed E-state index contributed by atoms with van der Waals surface area (Å²) in [6, 6.07) is 29.2. The van der Waals surface area contributed by atoms with Crippen molar-refractivity contribution in [3.63, 3.8) is 0 Å². The predicted octanol–water partition coefficient (Wildman–Crippen LogP) is 5.50. The molecule has 4 rings (SSSR count). The Kier molecular flexibility index (Phi) is 8.09. The third-order valence-corrected chi connectivity index (χ3v) is 5.72. The van der Waals surface area contributed by atoms with Crippen molar-refractivity contribution in [2.24, 2.45) is 5.73 Å². The van der Waals surface area contributed by atoms with Crippen molar-refractivity contribution in [3.8, 4) is 11.5 Å². The Labute approximate surface area is 205 Å². The van der Waals surface area contributed by atoms with Gasteiger partial charge in [-0.05, 0) is 66.9 Å². The minimum atomic E-state index is -0.724. The lowest BCUT2D eigenvalue weighted by molar-refractivity contribution is -0.118. The second kappa shape index (κ2) is 11.8. The van der Waals surface area contributed by atoms with E-state index in [9.17, 15) is 9.59 Å². The first kappa shape index (κ1) is 24.0. The molecule has 0 fully saturated rings. The van der Waals surface area contributed by atoms with Gasteiger partial charge in [-0.25, -0.2) is 0 Å². The molecule has 2 amide bonds. The van der Waals surface area contributed by atoms with Crippen LogP contribution in [-0.4, -0.2) is 24.4 Å². The average molecular weight is 468 g/mol. The molecular weight excluding hydrogens is 438 g/mol. The molecule has 35 heavy (non-hydrogen) atoms. The maximum Gasteiger partial charge on any atom is 0.252 e. The zero-order valence-corrected chi connectivity index (χ0v) is 19.4. The Balaban J connectivity index is 1.53. The lowest BCUT2D eigenvalue weighted by Crippen LogP contribution is -2.44. The van der Waals surface area contributed by atoms with Crippen LogP contribution in [0.3, 0.4) is 0 Å². The van der Waals surface area contributed by atoms with E-state index < -0.39 is 6.04 Å². The lowest BCUT2D eigenvalue weighted by atomic mass is 10.0. The van der Waals surface area contributed by atoms with Gasteiger partial charge in [0, 0.05) is 5.56 Å². The fourth-order valence-electron chi connectivity index (χ4n) is 3.92. The number of fused-ring (bicyclic) bond motifs is 1. The number of nitrogens with one attached hydrogen (secondary N) is 2. The average Bonchev–Trinajstić information content (AvgIpc) is 2.89. The molecule has 1 atom stereocenters. The third kappa shape index (κ3) is 6.25. The molecule has 6 nitrogen and oxygen atoms in total. The topological polar surface area (TPSA) is 93.5 Å². The summed E-state index contributed by atoms with van der Waals surface area (Å²) in [5, 5.41) is 7.69. The Morgan fingerprint density at radius 1 is 0.800 bits per heavy atom. The summed E-state index contributed by atoms with van der Waals surface area (Å²) in [5.41, 5.74) is 6.72. The minimum Gasteiger partial charge on any atom is -0.455 e. The summed E-state index contributed by atoms with van der Waals surface area (Å²) < 4.78 is 5.97. The van der Waals surface area contributed by atoms with E-state index in [4.69, 9.17) is 10.5 Å². The molecule has 0 spiro atoms. The smallest absolute Gasteiger partial charge is 0.252 e. The normalized spacial score (nSPS) is 11.6. The molecule has 0 aliphatic carbocycles. The maximum absolute atomic E-state index is 13.3. The fraction of sp³-hybridized carbons (Fsp3) is 0.172. The SMILES string of the molecule is NCCCCC(NC(=O)c1cccc2ccccc12)C(=O)Nc1ccccc1Oc1ccccc1. The van der Waals surface area contributed by atoms with E-state index in [0.29, 0.717) is 42.1 Å². The van der Waals surface area contributed by atoms with Crippen LogP contribution in [0.1, 0.15) is 29.6 Å². The monoisotopic (exact) mass is 467 g/mol. The van der Waals surface area contributed by atoms with Gasteiger partial charge in [-0.3, -0.25) is 9.59 Å². The van der Waals surface area contributed by atoms with E-state index in [2.05, 4.69) is 10.6 Å². The second-order valence-electron chi connectivity index (χ2n) is 8.24. The van der Waals surface area contributed by atoms with Crippen LogP contribution < -0.4 is 21.1 Å². The van der Waals surface area contributed by atoms with E-state index in [1.165, 1.54) is 0 Å². The molecule has 4 aromatic rings. The Bertz CT molecular complexity index is 1290. The zero-order valence-electron chi connectivity index (χ0n) is 19.4. The molecule has 0 aliphatic rings. The Morgan fingerprint density at radius 2 is 1.51 bits per heavy atom. The highest BCUT2D eigenvalue weighted by atomic mass is 16.5. The molecule has 1 unspecified atom stereocenters. The number of unbranched alkanes of at least 4 members (excludes halogenated alkanes) is 1. The third-order valence-electron chi connectivity index (χ3n) is 5.72. The maximum atomic E-state index is 13.3. The van der Waals surface area contributed by atoms with Crippen LogP contribution in [0, 0.1) is 0 Å². The number of benzene rings is 4.